The summed E-state index contributed by atoms with van der Waals surface area (Å²) in [5.74, 6) is 0.455. The van der Waals surface area contributed by atoms with E-state index in [2.05, 4.69) is 10.4 Å². The third-order valence-corrected chi connectivity index (χ3v) is 4.62. The van der Waals surface area contributed by atoms with Crippen LogP contribution in [0.2, 0.25) is 5.02 Å². The van der Waals surface area contributed by atoms with Gasteiger partial charge in [0, 0.05) is 23.2 Å². The molecule has 0 saturated carbocycles. The van der Waals surface area contributed by atoms with Crippen molar-refractivity contribution >= 4 is 17.5 Å². The number of ether oxygens (including phenoxy) is 1. The van der Waals surface area contributed by atoms with Gasteiger partial charge in [0.15, 0.2) is 6.61 Å². The van der Waals surface area contributed by atoms with Crippen molar-refractivity contribution < 1.29 is 9.53 Å². The molecule has 0 spiro atoms. The van der Waals surface area contributed by atoms with E-state index in [0.29, 0.717) is 16.5 Å². The van der Waals surface area contributed by atoms with Gasteiger partial charge in [-0.15, -0.1) is 0 Å². The quantitative estimate of drug-likeness (QED) is 0.617. The van der Waals surface area contributed by atoms with Crippen LogP contribution in [-0.2, 0) is 17.8 Å². The number of nitrogens with zero attached hydrogens (tertiary/aromatic N) is 2. The van der Waals surface area contributed by atoms with Crippen molar-refractivity contribution in [3.8, 4) is 17.0 Å². The molecule has 7 heteroatoms. The molecule has 0 aliphatic carbocycles. The van der Waals surface area contributed by atoms with E-state index >= 15 is 0 Å². The lowest BCUT2D eigenvalue weighted by Gasteiger charge is -2.11. The predicted molar refractivity (Wildman–Crippen MR) is 113 cm³/mol. The molecule has 6 nitrogen and oxygen atoms in total. The lowest BCUT2D eigenvalue weighted by Crippen LogP contribution is -2.34. The summed E-state index contributed by atoms with van der Waals surface area (Å²) in [5, 5.41) is 7.75. The van der Waals surface area contributed by atoms with E-state index in [1.807, 2.05) is 43.3 Å². The van der Waals surface area contributed by atoms with Crippen LogP contribution < -0.4 is 15.6 Å². The number of amides is 1. The summed E-state index contributed by atoms with van der Waals surface area (Å²) in [5.41, 5.74) is 2.34. The van der Waals surface area contributed by atoms with Crippen LogP contribution in [0.1, 0.15) is 12.5 Å². The van der Waals surface area contributed by atoms with Crippen LogP contribution in [0.25, 0.3) is 11.3 Å². The third kappa shape index (κ3) is 5.68. The summed E-state index contributed by atoms with van der Waals surface area (Å²) in [4.78, 5) is 24.1. The van der Waals surface area contributed by atoms with Gasteiger partial charge in [-0.05, 0) is 36.2 Å². The fourth-order valence-corrected chi connectivity index (χ4v) is 2.94. The standard InChI is InChI=1S/C22H22ClN3O3/c1-2-16-5-3-4-6-20(16)29-15-21(27)24-13-14-26-22(28)12-11-19(25-26)17-7-9-18(23)10-8-17/h3-12H,2,13-15H2,1H3,(H,24,27). The van der Waals surface area contributed by atoms with E-state index in [1.165, 1.54) is 10.7 Å². The minimum Gasteiger partial charge on any atom is -0.483 e. The monoisotopic (exact) mass is 411 g/mol. The molecule has 29 heavy (non-hydrogen) atoms. The molecule has 0 aliphatic heterocycles. The Balaban J connectivity index is 1.54. The van der Waals surface area contributed by atoms with Crippen LogP contribution in [0.15, 0.2) is 65.5 Å². The van der Waals surface area contributed by atoms with E-state index in [1.54, 1.807) is 18.2 Å². The topological polar surface area (TPSA) is 73.2 Å². The molecule has 1 heterocycles. The fraction of sp³-hybridized carbons (Fsp3) is 0.227. The van der Waals surface area contributed by atoms with Crippen LogP contribution in [0.4, 0.5) is 0 Å². The number of rotatable bonds is 8. The highest BCUT2D eigenvalue weighted by Crippen LogP contribution is 2.19. The van der Waals surface area contributed by atoms with Crippen molar-refractivity contribution in [2.24, 2.45) is 0 Å². The van der Waals surface area contributed by atoms with Gasteiger partial charge in [-0.1, -0.05) is 48.9 Å². The molecule has 0 bridgehead atoms. The molecular formula is C22H22ClN3O3. The van der Waals surface area contributed by atoms with E-state index in [4.69, 9.17) is 16.3 Å². The van der Waals surface area contributed by atoms with Gasteiger partial charge in [-0.2, -0.15) is 5.10 Å². The highest BCUT2D eigenvalue weighted by Gasteiger charge is 2.07. The second-order valence-electron chi connectivity index (χ2n) is 6.39. The first kappa shape index (κ1) is 20.6. The number of carbonyl (C=O) groups is 1. The molecule has 150 valence electrons. The third-order valence-electron chi connectivity index (χ3n) is 4.36. The number of aryl methyl sites for hydroxylation is 1. The molecule has 1 amide bonds. The van der Waals surface area contributed by atoms with Crippen LogP contribution in [0.3, 0.4) is 0 Å². The van der Waals surface area contributed by atoms with Crippen molar-refractivity contribution in [2.45, 2.75) is 19.9 Å². The number of aromatic nitrogens is 2. The number of para-hydroxylation sites is 1. The fourth-order valence-electron chi connectivity index (χ4n) is 2.82. The molecule has 1 N–H and O–H groups in total. The SMILES string of the molecule is CCc1ccccc1OCC(=O)NCCn1nc(-c2ccc(Cl)cc2)ccc1=O. The van der Waals surface area contributed by atoms with Crippen LogP contribution in [0.5, 0.6) is 5.75 Å². The Morgan fingerprint density at radius 3 is 2.62 bits per heavy atom. The molecule has 0 aliphatic rings. The zero-order valence-electron chi connectivity index (χ0n) is 16.1. The highest BCUT2D eigenvalue weighted by atomic mass is 35.5. The number of benzene rings is 2. The maximum Gasteiger partial charge on any atom is 0.266 e. The van der Waals surface area contributed by atoms with Gasteiger partial charge < -0.3 is 10.1 Å². The molecule has 0 saturated heterocycles. The van der Waals surface area contributed by atoms with Gasteiger partial charge >= 0.3 is 0 Å². The Labute approximate surface area is 174 Å². The molecule has 0 fully saturated rings. The molecule has 0 radical (unpaired) electrons. The van der Waals surface area contributed by atoms with Gasteiger partial charge in [0.05, 0.1) is 12.2 Å². The molecule has 1 aromatic heterocycles. The zero-order chi connectivity index (χ0) is 20.6. The average molecular weight is 412 g/mol. The Morgan fingerprint density at radius 1 is 1.10 bits per heavy atom. The minimum absolute atomic E-state index is 0.0792. The Morgan fingerprint density at radius 2 is 1.86 bits per heavy atom. The number of carbonyl (C=O) groups excluding carboxylic acids is 1. The first-order valence-corrected chi connectivity index (χ1v) is 9.76. The minimum atomic E-state index is -0.252. The number of halogens is 1. The summed E-state index contributed by atoms with van der Waals surface area (Å²) in [6.45, 7) is 2.49. The first-order valence-electron chi connectivity index (χ1n) is 9.38. The molecule has 3 rings (SSSR count). The van der Waals surface area contributed by atoms with E-state index in [-0.39, 0.29) is 31.2 Å². The summed E-state index contributed by atoms with van der Waals surface area (Å²) in [6, 6.07) is 18.0. The summed E-state index contributed by atoms with van der Waals surface area (Å²) < 4.78 is 6.93. The lowest BCUT2D eigenvalue weighted by atomic mass is 10.1. The molecule has 3 aromatic rings. The van der Waals surface area contributed by atoms with Gasteiger partial charge in [0.2, 0.25) is 0 Å². The normalized spacial score (nSPS) is 10.6. The maximum absolute atomic E-state index is 12.1. The Kier molecular flexibility index (Phi) is 7.03. The van der Waals surface area contributed by atoms with Gasteiger partial charge in [0.25, 0.3) is 11.5 Å². The van der Waals surface area contributed by atoms with Crippen LogP contribution >= 0.6 is 11.6 Å². The lowest BCUT2D eigenvalue weighted by molar-refractivity contribution is -0.123. The van der Waals surface area contributed by atoms with Crippen molar-refractivity contribution in [2.75, 3.05) is 13.2 Å². The molecule has 0 atom stereocenters. The maximum atomic E-state index is 12.1. The predicted octanol–water partition coefficient (Wildman–Crippen LogP) is 3.32. The second kappa shape index (κ2) is 9.89. The second-order valence-corrected chi connectivity index (χ2v) is 6.82. The number of hydrogen-bond acceptors (Lipinski definition) is 4. The Bertz CT molecular complexity index is 1030. The van der Waals surface area contributed by atoms with Crippen LogP contribution in [-0.4, -0.2) is 28.8 Å². The first-order chi connectivity index (χ1) is 14.1. The van der Waals surface area contributed by atoms with Crippen molar-refractivity contribution in [1.29, 1.82) is 0 Å². The smallest absolute Gasteiger partial charge is 0.266 e. The van der Waals surface area contributed by atoms with E-state index in [9.17, 15) is 9.59 Å². The summed E-state index contributed by atoms with van der Waals surface area (Å²) in [6.07, 6.45) is 0.830. The van der Waals surface area contributed by atoms with E-state index in [0.717, 1.165) is 17.5 Å². The van der Waals surface area contributed by atoms with Gasteiger partial charge in [0.1, 0.15) is 5.75 Å². The van der Waals surface area contributed by atoms with E-state index < -0.39 is 0 Å². The molecule has 0 unspecified atom stereocenters. The van der Waals surface area contributed by atoms with Gasteiger partial charge in [-0.3, -0.25) is 9.59 Å². The number of hydrogen-bond donors (Lipinski definition) is 1. The van der Waals surface area contributed by atoms with Crippen molar-refractivity contribution in [3.63, 3.8) is 0 Å². The van der Waals surface area contributed by atoms with Crippen molar-refractivity contribution in [1.82, 2.24) is 15.1 Å². The Hall–Kier alpha value is -3.12. The highest BCUT2D eigenvalue weighted by molar-refractivity contribution is 6.30. The van der Waals surface area contributed by atoms with Crippen molar-refractivity contribution in [3.05, 3.63) is 81.6 Å². The molecule has 2 aromatic carbocycles. The molecular weight excluding hydrogens is 390 g/mol. The number of nitrogens with one attached hydrogen (secondary N) is 1. The van der Waals surface area contributed by atoms with Crippen LogP contribution in [0, 0.1) is 0 Å². The largest absolute Gasteiger partial charge is 0.483 e. The average Bonchev–Trinajstić information content (AvgIpc) is 2.74. The van der Waals surface area contributed by atoms with Gasteiger partial charge in [-0.25, -0.2) is 4.68 Å². The summed E-state index contributed by atoms with van der Waals surface area (Å²) >= 11 is 5.91. The summed E-state index contributed by atoms with van der Waals surface area (Å²) in [7, 11) is 0. The zero-order valence-corrected chi connectivity index (χ0v) is 16.9.